The Hall–Kier alpha value is -3.23. The van der Waals surface area contributed by atoms with Crippen LogP contribution in [0.3, 0.4) is 0 Å². The van der Waals surface area contributed by atoms with Gasteiger partial charge < -0.3 is 19.5 Å². The molecule has 0 fully saturated rings. The van der Waals surface area contributed by atoms with E-state index in [4.69, 9.17) is 20.8 Å². The number of halogens is 1. The van der Waals surface area contributed by atoms with Gasteiger partial charge in [0, 0.05) is 26.0 Å². The number of carbonyl (C=O) groups excluding carboxylic acids is 2. The van der Waals surface area contributed by atoms with Crippen molar-refractivity contribution >= 4 is 47.9 Å². The van der Waals surface area contributed by atoms with Crippen LogP contribution in [0, 0.1) is 0 Å². The van der Waals surface area contributed by atoms with Gasteiger partial charge in [0.15, 0.2) is 0 Å². The van der Waals surface area contributed by atoms with Crippen molar-refractivity contribution in [1.29, 1.82) is 0 Å². The van der Waals surface area contributed by atoms with Gasteiger partial charge in [0.05, 0.1) is 17.2 Å². The molecule has 0 aliphatic heterocycles. The van der Waals surface area contributed by atoms with Gasteiger partial charge in [-0.05, 0) is 35.4 Å². The Morgan fingerprint density at radius 1 is 0.943 bits per heavy atom. The summed E-state index contributed by atoms with van der Waals surface area (Å²) in [6.45, 7) is 1.75. The predicted octanol–water partition coefficient (Wildman–Crippen LogP) is 4.82. The zero-order chi connectivity index (χ0) is 25.8. The molecule has 2 amide bonds. The van der Waals surface area contributed by atoms with E-state index < -0.39 is 37.2 Å². The molecule has 0 heterocycles. The van der Waals surface area contributed by atoms with Crippen molar-refractivity contribution < 1.29 is 33.1 Å². The van der Waals surface area contributed by atoms with Gasteiger partial charge in [-0.2, -0.15) is 0 Å². The number of benzene rings is 3. The van der Waals surface area contributed by atoms with Crippen LogP contribution in [0.5, 0.6) is 0 Å². The molecule has 0 bridgehead atoms. The van der Waals surface area contributed by atoms with E-state index in [1.54, 1.807) is 13.0 Å². The van der Waals surface area contributed by atoms with E-state index in [0.717, 1.165) is 35.0 Å². The lowest BCUT2D eigenvalue weighted by atomic mass is 9.99. The number of nitrogens with zero attached hydrogens (tertiary/aromatic N) is 1. The van der Waals surface area contributed by atoms with E-state index in [9.17, 15) is 24.1 Å². The first-order valence-electron chi connectivity index (χ1n) is 10.5. The average molecular weight is 519 g/mol. The van der Waals surface area contributed by atoms with Crippen LogP contribution in [0.2, 0.25) is 0 Å². The van der Waals surface area contributed by atoms with Crippen LogP contribution in [-0.4, -0.2) is 47.3 Å². The third kappa shape index (κ3) is 5.39. The molecule has 9 nitrogen and oxygen atoms in total. The van der Waals surface area contributed by atoms with Crippen LogP contribution in [-0.2, 0) is 18.4 Å². The summed E-state index contributed by atoms with van der Waals surface area (Å²) in [5, 5.41) is 13.5. The maximum atomic E-state index is 13.3. The first-order chi connectivity index (χ1) is 16.6. The largest absolute Gasteiger partial charge is 0.479 e. The van der Waals surface area contributed by atoms with E-state index in [1.807, 2.05) is 42.5 Å². The fourth-order valence-corrected chi connectivity index (χ4v) is 4.97. The highest BCUT2D eigenvalue weighted by Gasteiger charge is 2.42. The molecule has 1 unspecified atom stereocenters. The summed E-state index contributed by atoms with van der Waals surface area (Å²) in [5.74, 6) is -5.25. The molecule has 3 aromatic carbocycles. The van der Waals surface area contributed by atoms with Crippen LogP contribution in [0.15, 0.2) is 66.7 Å². The molecule has 2 atom stereocenters. The van der Waals surface area contributed by atoms with Crippen molar-refractivity contribution in [2.45, 2.75) is 18.7 Å². The van der Waals surface area contributed by atoms with Crippen LogP contribution in [0.1, 0.15) is 39.2 Å². The second-order valence-corrected chi connectivity index (χ2v) is 10.2. The van der Waals surface area contributed by atoms with Gasteiger partial charge in [0.1, 0.15) is 0 Å². The molecule has 0 aliphatic carbocycles. The fourth-order valence-electron chi connectivity index (χ4n) is 3.66. The first-order valence-corrected chi connectivity index (χ1v) is 12.4. The topological polar surface area (TPSA) is 122 Å². The molecule has 3 aromatic rings. The molecule has 0 spiro atoms. The minimum atomic E-state index is -4.21. The van der Waals surface area contributed by atoms with Gasteiger partial charge in [-0.3, -0.25) is 14.2 Å². The number of aliphatic carboxylic acids is 1. The lowest BCUT2D eigenvalue weighted by Crippen LogP contribution is -2.42. The van der Waals surface area contributed by atoms with Crippen molar-refractivity contribution in [2.75, 3.05) is 14.2 Å². The molecule has 0 aromatic heterocycles. The molecule has 0 aliphatic rings. The quantitative estimate of drug-likeness (QED) is 0.307. The summed E-state index contributed by atoms with van der Waals surface area (Å²) in [6.07, 6.45) is 0. The lowest BCUT2D eigenvalue weighted by molar-refractivity contribution is -0.137. The van der Waals surface area contributed by atoms with Crippen molar-refractivity contribution in [3.8, 4) is 0 Å². The molecular weight excluding hydrogens is 495 g/mol. The van der Waals surface area contributed by atoms with Crippen molar-refractivity contribution in [1.82, 2.24) is 9.74 Å². The standard InChI is InChI=1S/C24H24ClN2O7P/c1-15(17-14-8-10-16-9-4-5-11-18(16)17)27(25)23(29)20-13-7-6-12-19(20)21(28)26-22(24(30)31)35(32,33-2)34-3/h4-15,22H,1-3H3,(H,26,28)(H,30,31)/t15-,22?/m1/s1. The Morgan fingerprint density at radius 3 is 2.14 bits per heavy atom. The average Bonchev–Trinajstić information content (AvgIpc) is 2.89. The van der Waals surface area contributed by atoms with Gasteiger partial charge in [-0.25, -0.2) is 9.21 Å². The minimum absolute atomic E-state index is 0.0686. The van der Waals surface area contributed by atoms with Gasteiger partial charge in [0.2, 0.25) is 5.78 Å². The monoisotopic (exact) mass is 518 g/mol. The number of rotatable bonds is 9. The number of amides is 2. The van der Waals surface area contributed by atoms with Crippen LogP contribution < -0.4 is 5.32 Å². The minimum Gasteiger partial charge on any atom is -0.479 e. The highest BCUT2D eigenvalue weighted by Crippen LogP contribution is 2.50. The van der Waals surface area contributed by atoms with Crippen molar-refractivity contribution in [2.24, 2.45) is 0 Å². The van der Waals surface area contributed by atoms with Crippen LogP contribution >= 0.6 is 19.4 Å². The molecule has 184 valence electrons. The molecule has 35 heavy (non-hydrogen) atoms. The number of carboxylic acids is 1. The Morgan fingerprint density at radius 2 is 1.51 bits per heavy atom. The summed E-state index contributed by atoms with van der Waals surface area (Å²) < 4.78 is 23.0. The summed E-state index contributed by atoms with van der Waals surface area (Å²) in [4.78, 5) is 38.0. The molecule has 0 saturated heterocycles. The predicted molar refractivity (Wildman–Crippen MR) is 131 cm³/mol. The number of carbonyl (C=O) groups is 3. The summed E-state index contributed by atoms with van der Waals surface area (Å²) in [6, 6.07) is 18.5. The second-order valence-electron chi connectivity index (χ2n) is 7.53. The maximum Gasteiger partial charge on any atom is 0.363 e. The smallest absolute Gasteiger partial charge is 0.363 e. The summed E-state index contributed by atoms with van der Waals surface area (Å²) >= 11 is 6.47. The van der Waals surface area contributed by atoms with Crippen molar-refractivity contribution in [3.63, 3.8) is 0 Å². The third-order valence-corrected chi connectivity index (χ3v) is 7.98. The van der Waals surface area contributed by atoms with Gasteiger partial charge in [0.25, 0.3) is 11.8 Å². The van der Waals surface area contributed by atoms with E-state index in [-0.39, 0.29) is 11.1 Å². The maximum absolute atomic E-state index is 13.3. The Kier molecular flexibility index (Phi) is 8.30. The molecular formula is C24H24ClN2O7P. The van der Waals surface area contributed by atoms with E-state index in [0.29, 0.717) is 0 Å². The van der Waals surface area contributed by atoms with Crippen molar-refractivity contribution in [3.05, 3.63) is 83.4 Å². The highest BCUT2D eigenvalue weighted by molar-refractivity contribution is 7.55. The molecule has 0 radical (unpaired) electrons. The first kappa shape index (κ1) is 26.4. The molecule has 2 N–H and O–H groups in total. The number of fused-ring (bicyclic) bond motifs is 1. The zero-order valence-corrected chi connectivity index (χ0v) is 20.8. The zero-order valence-electron chi connectivity index (χ0n) is 19.2. The van der Waals surface area contributed by atoms with Gasteiger partial charge in [-0.1, -0.05) is 54.6 Å². The Bertz CT molecular complexity index is 1300. The third-order valence-electron chi connectivity index (χ3n) is 5.54. The Labute approximate surface area is 207 Å². The number of nitrogens with one attached hydrogen (secondary N) is 1. The molecule has 3 rings (SSSR count). The SMILES string of the molecule is COP(=O)(OC)C(NC(=O)c1ccccc1C(=O)N(Cl)[C@H](C)c1cccc2ccccc12)C(=O)O. The Balaban J connectivity index is 1.93. The van der Waals surface area contributed by atoms with Gasteiger partial charge >= 0.3 is 13.6 Å². The van der Waals surface area contributed by atoms with Crippen LogP contribution in [0.4, 0.5) is 0 Å². The van der Waals surface area contributed by atoms with Gasteiger partial charge in [-0.15, -0.1) is 0 Å². The van der Waals surface area contributed by atoms with E-state index in [2.05, 4.69) is 5.32 Å². The van der Waals surface area contributed by atoms with E-state index in [1.165, 1.54) is 18.2 Å². The van der Waals surface area contributed by atoms with E-state index >= 15 is 0 Å². The summed E-state index contributed by atoms with van der Waals surface area (Å²) in [5.41, 5.74) is 0.583. The molecule has 0 saturated carbocycles. The lowest BCUT2D eigenvalue weighted by Gasteiger charge is -2.25. The number of hydrogen-bond donors (Lipinski definition) is 2. The van der Waals surface area contributed by atoms with Crippen LogP contribution in [0.25, 0.3) is 10.8 Å². The number of hydrogen-bond acceptors (Lipinski definition) is 6. The summed E-state index contributed by atoms with van der Waals surface area (Å²) in [7, 11) is -2.20. The fraction of sp³-hybridized carbons (Fsp3) is 0.208. The highest BCUT2D eigenvalue weighted by atomic mass is 35.5. The second kappa shape index (κ2) is 11.0. The normalized spacial score (nSPS) is 13.1. The number of carboxylic acid groups (broad SMARTS) is 1. The molecule has 11 heteroatoms.